The Morgan fingerprint density at radius 2 is 1.81 bits per heavy atom. The Balaban J connectivity index is 1.71. The molecule has 0 unspecified atom stereocenters. The highest BCUT2D eigenvalue weighted by molar-refractivity contribution is 5.77. The Labute approximate surface area is 124 Å². The van der Waals surface area contributed by atoms with E-state index in [1.54, 1.807) is 0 Å². The van der Waals surface area contributed by atoms with Crippen LogP contribution in [0.1, 0.15) is 23.5 Å². The summed E-state index contributed by atoms with van der Waals surface area (Å²) in [7, 11) is 1.44. The molecular weight excluding hydrogens is 264 g/mol. The predicted molar refractivity (Wildman–Crippen MR) is 80.1 cm³/mol. The van der Waals surface area contributed by atoms with Gasteiger partial charge in [-0.3, -0.25) is 4.79 Å². The van der Waals surface area contributed by atoms with Crippen molar-refractivity contribution in [1.29, 1.82) is 0 Å². The average molecular weight is 282 g/mol. The lowest BCUT2D eigenvalue weighted by atomic mass is 10.1. The Kier molecular flexibility index (Phi) is 3.91. The van der Waals surface area contributed by atoms with Gasteiger partial charge in [0, 0.05) is 5.92 Å². The predicted octanol–water partition coefficient (Wildman–Crippen LogP) is 3.54. The lowest BCUT2D eigenvalue weighted by Gasteiger charge is -2.11. The molecule has 3 nitrogen and oxygen atoms in total. The topological polar surface area (TPSA) is 35.5 Å². The molecule has 0 heterocycles. The van der Waals surface area contributed by atoms with Crippen molar-refractivity contribution in [3.05, 3.63) is 65.7 Å². The van der Waals surface area contributed by atoms with E-state index in [4.69, 9.17) is 9.47 Å². The van der Waals surface area contributed by atoms with Crippen molar-refractivity contribution in [2.75, 3.05) is 7.11 Å². The van der Waals surface area contributed by atoms with Crippen LogP contribution in [0.5, 0.6) is 5.75 Å². The van der Waals surface area contributed by atoms with E-state index >= 15 is 0 Å². The monoisotopic (exact) mass is 282 g/mol. The second kappa shape index (κ2) is 6.00. The first-order valence-electron chi connectivity index (χ1n) is 7.13. The SMILES string of the molecule is COC(=O)[C@H]1C[C@@H]1c1ccccc1OCc1ccccc1. The van der Waals surface area contributed by atoms with Crippen molar-refractivity contribution < 1.29 is 14.3 Å². The molecule has 1 aliphatic rings. The van der Waals surface area contributed by atoms with E-state index in [9.17, 15) is 4.79 Å². The summed E-state index contributed by atoms with van der Waals surface area (Å²) in [5, 5.41) is 0. The minimum atomic E-state index is -0.127. The molecule has 21 heavy (non-hydrogen) atoms. The lowest BCUT2D eigenvalue weighted by Crippen LogP contribution is -2.05. The summed E-state index contributed by atoms with van der Waals surface area (Å²) in [5.41, 5.74) is 2.23. The maximum Gasteiger partial charge on any atom is 0.309 e. The zero-order valence-electron chi connectivity index (χ0n) is 12.0. The zero-order chi connectivity index (χ0) is 14.7. The summed E-state index contributed by atoms with van der Waals surface area (Å²) in [6.45, 7) is 0.535. The van der Waals surface area contributed by atoms with Crippen molar-refractivity contribution in [3.8, 4) is 5.75 Å². The van der Waals surface area contributed by atoms with Crippen LogP contribution in [0, 0.1) is 5.92 Å². The minimum Gasteiger partial charge on any atom is -0.489 e. The molecule has 2 atom stereocenters. The Hall–Kier alpha value is -2.29. The zero-order valence-corrected chi connectivity index (χ0v) is 12.0. The van der Waals surface area contributed by atoms with Gasteiger partial charge in [-0.05, 0) is 23.6 Å². The molecule has 1 fully saturated rings. The van der Waals surface area contributed by atoms with Gasteiger partial charge >= 0.3 is 5.97 Å². The standard InChI is InChI=1S/C18H18O3/c1-20-18(19)16-11-15(16)14-9-5-6-10-17(14)21-12-13-7-3-2-4-8-13/h2-10,15-16H,11-12H2,1H3/t15-,16+/m1/s1. The number of para-hydroxylation sites is 1. The van der Waals surface area contributed by atoms with Gasteiger partial charge in [0.2, 0.25) is 0 Å². The van der Waals surface area contributed by atoms with Crippen molar-refractivity contribution in [2.24, 2.45) is 5.92 Å². The Morgan fingerprint density at radius 1 is 1.10 bits per heavy atom. The van der Waals surface area contributed by atoms with Gasteiger partial charge < -0.3 is 9.47 Å². The molecule has 0 N–H and O–H groups in total. The van der Waals surface area contributed by atoms with E-state index < -0.39 is 0 Å². The summed E-state index contributed by atoms with van der Waals surface area (Å²) in [5.74, 6) is 0.941. The summed E-state index contributed by atoms with van der Waals surface area (Å²) >= 11 is 0. The van der Waals surface area contributed by atoms with Crippen LogP contribution in [-0.4, -0.2) is 13.1 Å². The van der Waals surface area contributed by atoms with Crippen LogP contribution in [0.25, 0.3) is 0 Å². The van der Waals surface area contributed by atoms with Crippen molar-refractivity contribution >= 4 is 5.97 Å². The number of ether oxygens (including phenoxy) is 2. The molecule has 0 aromatic heterocycles. The van der Waals surface area contributed by atoms with Crippen molar-refractivity contribution in [3.63, 3.8) is 0 Å². The van der Waals surface area contributed by atoms with E-state index in [1.165, 1.54) is 7.11 Å². The van der Waals surface area contributed by atoms with Gasteiger partial charge in [0.15, 0.2) is 0 Å². The summed E-state index contributed by atoms with van der Waals surface area (Å²) in [6.07, 6.45) is 0.846. The van der Waals surface area contributed by atoms with Crippen LogP contribution in [0.15, 0.2) is 54.6 Å². The third-order valence-electron chi connectivity index (χ3n) is 3.85. The van der Waals surface area contributed by atoms with Crippen LogP contribution < -0.4 is 4.74 Å². The van der Waals surface area contributed by atoms with E-state index in [0.29, 0.717) is 6.61 Å². The van der Waals surface area contributed by atoms with Crippen molar-refractivity contribution in [1.82, 2.24) is 0 Å². The molecule has 108 valence electrons. The fraction of sp³-hybridized carbons (Fsp3) is 0.278. The molecule has 0 spiro atoms. The molecule has 0 aliphatic heterocycles. The molecule has 0 amide bonds. The van der Waals surface area contributed by atoms with Gasteiger partial charge in [0.05, 0.1) is 13.0 Å². The molecule has 3 heteroatoms. The number of carbonyl (C=O) groups is 1. The first-order chi connectivity index (χ1) is 10.3. The number of esters is 1. The second-order valence-electron chi connectivity index (χ2n) is 5.28. The fourth-order valence-corrected chi connectivity index (χ4v) is 2.60. The maximum atomic E-state index is 11.6. The van der Waals surface area contributed by atoms with Gasteiger partial charge in [-0.1, -0.05) is 48.5 Å². The normalized spacial score (nSPS) is 19.9. The first-order valence-corrected chi connectivity index (χ1v) is 7.13. The Morgan fingerprint density at radius 3 is 2.57 bits per heavy atom. The maximum absolute atomic E-state index is 11.6. The Bertz CT molecular complexity index is 621. The number of benzene rings is 2. The molecular formula is C18H18O3. The lowest BCUT2D eigenvalue weighted by molar-refractivity contribution is -0.142. The minimum absolute atomic E-state index is 0.0172. The van der Waals surface area contributed by atoms with Gasteiger partial charge in [-0.15, -0.1) is 0 Å². The number of methoxy groups -OCH3 is 1. The molecule has 0 radical (unpaired) electrons. The molecule has 1 saturated carbocycles. The highest BCUT2D eigenvalue weighted by Crippen LogP contribution is 2.50. The molecule has 2 aromatic carbocycles. The highest BCUT2D eigenvalue weighted by atomic mass is 16.5. The van der Waals surface area contributed by atoms with E-state index in [-0.39, 0.29) is 17.8 Å². The van der Waals surface area contributed by atoms with Crippen LogP contribution in [0.2, 0.25) is 0 Å². The summed E-state index contributed by atoms with van der Waals surface area (Å²) < 4.78 is 10.7. The van der Waals surface area contributed by atoms with E-state index in [0.717, 1.165) is 23.3 Å². The molecule has 2 aromatic rings. The largest absolute Gasteiger partial charge is 0.489 e. The van der Waals surface area contributed by atoms with Gasteiger partial charge in [-0.2, -0.15) is 0 Å². The third-order valence-corrected chi connectivity index (χ3v) is 3.85. The van der Waals surface area contributed by atoms with Gasteiger partial charge in [-0.25, -0.2) is 0 Å². The van der Waals surface area contributed by atoms with Crippen LogP contribution in [0.4, 0.5) is 0 Å². The van der Waals surface area contributed by atoms with Gasteiger partial charge in [0.1, 0.15) is 12.4 Å². The van der Waals surface area contributed by atoms with Crippen LogP contribution >= 0.6 is 0 Å². The number of hydrogen-bond donors (Lipinski definition) is 0. The smallest absolute Gasteiger partial charge is 0.309 e. The van der Waals surface area contributed by atoms with Crippen LogP contribution in [-0.2, 0) is 16.1 Å². The molecule has 3 rings (SSSR count). The van der Waals surface area contributed by atoms with E-state index in [2.05, 4.69) is 0 Å². The summed E-state index contributed by atoms with van der Waals surface area (Å²) in [4.78, 5) is 11.6. The van der Waals surface area contributed by atoms with Crippen molar-refractivity contribution in [2.45, 2.75) is 18.9 Å². The van der Waals surface area contributed by atoms with Crippen LogP contribution in [0.3, 0.4) is 0 Å². The second-order valence-corrected chi connectivity index (χ2v) is 5.28. The molecule has 0 saturated heterocycles. The van der Waals surface area contributed by atoms with Gasteiger partial charge in [0.25, 0.3) is 0 Å². The molecule has 1 aliphatic carbocycles. The fourth-order valence-electron chi connectivity index (χ4n) is 2.60. The quantitative estimate of drug-likeness (QED) is 0.787. The average Bonchev–Trinajstić information content (AvgIpc) is 3.34. The number of hydrogen-bond acceptors (Lipinski definition) is 3. The van der Waals surface area contributed by atoms with E-state index in [1.807, 2.05) is 54.6 Å². The summed E-state index contributed by atoms with van der Waals surface area (Å²) in [6, 6.07) is 18.0. The highest BCUT2D eigenvalue weighted by Gasteiger charge is 2.46. The third kappa shape index (κ3) is 3.07. The molecule has 0 bridgehead atoms. The number of carbonyl (C=O) groups excluding carboxylic acids is 1. The first kappa shape index (κ1) is 13.7. The number of rotatable bonds is 5.